The van der Waals surface area contributed by atoms with Crippen LogP contribution in [0.5, 0.6) is 0 Å². The molecule has 1 unspecified atom stereocenters. The quantitative estimate of drug-likeness (QED) is 0.816. The molecule has 1 aromatic heterocycles. The molecular formula is C15H16F3NO. The van der Waals surface area contributed by atoms with Gasteiger partial charge in [-0.1, -0.05) is 0 Å². The lowest BCUT2D eigenvalue weighted by Gasteiger charge is -2.13. The van der Waals surface area contributed by atoms with E-state index in [1.807, 2.05) is 19.1 Å². The number of aryl methyl sites for hydroxylation is 1. The Morgan fingerprint density at radius 2 is 1.90 bits per heavy atom. The molecule has 0 saturated carbocycles. The fourth-order valence-electron chi connectivity index (χ4n) is 1.90. The van der Waals surface area contributed by atoms with E-state index in [2.05, 4.69) is 5.32 Å². The third-order valence-electron chi connectivity index (χ3n) is 3.13. The van der Waals surface area contributed by atoms with Gasteiger partial charge in [0.25, 0.3) is 0 Å². The van der Waals surface area contributed by atoms with Gasteiger partial charge in [0.2, 0.25) is 0 Å². The number of halogens is 3. The van der Waals surface area contributed by atoms with E-state index in [-0.39, 0.29) is 18.2 Å². The Morgan fingerprint density at radius 3 is 2.60 bits per heavy atom. The van der Waals surface area contributed by atoms with Gasteiger partial charge in [0.1, 0.15) is 11.6 Å². The summed E-state index contributed by atoms with van der Waals surface area (Å²) < 4.78 is 44.5. The molecule has 1 atom stereocenters. The molecule has 2 nitrogen and oxygen atoms in total. The fraction of sp³-hybridized carbons (Fsp3) is 0.333. The van der Waals surface area contributed by atoms with Crippen LogP contribution < -0.4 is 5.32 Å². The van der Waals surface area contributed by atoms with Crippen molar-refractivity contribution in [2.24, 2.45) is 0 Å². The second-order valence-electron chi connectivity index (χ2n) is 4.76. The van der Waals surface area contributed by atoms with Crippen LogP contribution in [0.25, 0.3) is 0 Å². The predicted molar refractivity (Wildman–Crippen MR) is 69.6 cm³/mol. The highest BCUT2D eigenvalue weighted by Crippen LogP contribution is 2.14. The van der Waals surface area contributed by atoms with Crippen LogP contribution in [0.2, 0.25) is 0 Å². The summed E-state index contributed by atoms with van der Waals surface area (Å²) in [5.74, 6) is -2.06. The second-order valence-corrected chi connectivity index (χ2v) is 4.76. The zero-order chi connectivity index (χ0) is 14.5. The van der Waals surface area contributed by atoms with Crippen molar-refractivity contribution >= 4 is 0 Å². The van der Waals surface area contributed by atoms with Gasteiger partial charge >= 0.3 is 0 Å². The van der Waals surface area contributed by atoms with Crippen molar-refractivity contribution in [3.05, 3.63) is 59.3 Å². The molecule has 0 amide bonds. The summed E-state index contributed by atoms with van der Waals surface area (Å²) in [5, 5.41) is 3.08. The van der Waals surface area contributed by atoms with Crippen molar-refractivity contribution in [2.75, 3.05) is 0 Å². The monoisotopic (exact) mass is 283 g/mol. The van der Waals surface area contributed by atoms with Crippen LogP contribution in [0.3, 0.4) is 0 Å². The Bertz CT molecular complexity index is 554. The summed E-state index contributed by atoms with van der Waals surface area (Å²) in [6.45, 7) is 2.10. The molecule has 2 rings (SSSR count). The van der Waals surface area contributed by atoms with Crippen LogP contribution >= 0.6 is 0 Å². The van der Waals surface area contributed by atoms with Gasteiger partial charge in [0.05, 0.1) is 6.26 Å². The van der Waals surface area contributed by atoms with Crippen molar-refractivity contribution in [1.29, 1.82) is 0 Å². The van der Waals surface area contributed by atoms with Crippen molar-refractivity contribution < 1.29 is 17.6 Å². The van der Waals surface area contributed by atoms with Crippen LogP contribution in [0.15, 0.2) is 34.9 Å². The molecule has 5 heteroatoms. The molecule has 1 heterocycles. The van der Waals surface area contributed by atoms with Gasteiger partial charge < -0.3 is 9.73 Å². The van der Waals surface area contributed by atoms with Gasteiger partial charge in [-0.3, -0.25) is 0 Å². The molecule has 0 radical (unpaired) electrons. The van der Waals surface area contributed by atoms with Gasteiger partial charge in [-0.2, -0.15) is 0 Å². The molecule has 0 saturated heterocycles. The topological polar surface area (TPSA) is 25.2 Å². The fourth-order valence-corrected chi connectivity index (χ4v) is 1.90. The van der Waals surface area contributed by atoms with Gasteiger partial charge in [-0.25, -0.2) is 13.2 Å². The molecule has 1 N–H and O–H groups in total. The molecule has 2 aromatic rings. The summed E-state index contributed by atoms with van der Waals surface area (Å²) in [6, 6.07) is 5.27. The first-order chi connectivity index (χ1) is 9.56. The highest BCUT2D eigenvalue weighted by Gasteiger charge is 2.11. The van der Waals surface area contributed by atoms with E-state index in [1.54, 1.807) is 6.26 Å². The average molecular weight is 283 g/mol. The summed E-state index contributed by atoms with van der Waals surface area (Å²) in [5.41, 5.74) is 0.119. The first kappa shape index (κ1) is 14.7. The van der Waals surface area contributed by atoms with E-state index in [9.17, 15) is 13.2 Å². The Morgan fingerprint density at radius 1 is 1.15 bits per heavy atom. The Hall–Kier alpha value is -1.75. The van der Waals surface area contributed by atoms with Crippen molar-refractivity contribution in [1.82, 2.24) is 5.32 Å². The minimum Gasteiger partial charge on any atom is -0.469 e. The van der Waals surface area contributed by atoms with Crippen LogP contribution in [0, 0.1) is 17.5 Å². The summed E-state index contributed by atoms with van der Waals surface area (Å²) >= 11 is 0. The standard InChI is InChI=1S/C15H16F3NO/c1-10(4-5-12-3-2-6-20-12)19-9-11-7-14(17)15(18)8-13(11)16/h2-3,6-8,10,19H,4-5,9H2,1H3. The third kappa shape index (κ3) is 3.87. The zero-order valence-electron chi connectivity index (χ0n) is 11.1. The predicted octanol–water partition coefficient (Wildman–Crippen LogP) is 3.81. The molecule has 108 valence electrons. The maximum absolute atomic E-state index is 13.4. The molecule has 20 heavy (non-hydrogen) atoms. The van der Waals surface area contributed by atoms with Crippen molar-refractivity contribution in [3.8, 4) is 0 Å². The van der Waals surface area contributed by atoms with E-state index >= 15 is 0 Å². The summed E-state index contributed by atoms with van der Waals surface area (Å²) in [6.07, 6.45) is 3.18. The Balaban J connectivity index is 1.84. The summed E-state index contributed by atoms with van der Waals surface area (Å²) in [7, 11) is 0. The number of rotatable bonds is 6. The van der Waals surface area contributed by atoms with Crippen LogP contribution in [0.4, 0.5) is 13.2 Å². The lowest BCUT2D eigenvalue weighted by atomic mass is 10.1. The number of hydrogen-bond acceptors (Lipinski definition) is 2. The van der Waals surface area contributed by atoms with E-state index in [4.69, 9.17) is 4.42 Å². The lowest BCUT2D eigenvalue weighted by molar-refractivity contribution is 0.451. The minimum absolute atomic E-state index is 0.104. The first-order valence-electron chi connectivity index (χ1n) is 6.45. The van der Waals surface area contributed by atoms with E-state index in [0.29, 0.717) is 6.07 Å². The van der Waals surface area contributed by atoms with E-state index in [0.717, 1.165) is 24.7 Å². The second kappa shape index (κ2) is 6.61. The van der Waals surface area contributed by atoms with Gasteiger partial charge in [-0.05, 0) is 31.5 Å². The molecular weight excluding hydrogens is 267 g/mol. The highest BCUT2D eigenvalue weighted by atomic mass is 19.2. The smallest absolute Gasteiger partial charge is 0.161 e. The largest absolute Gasteiger partial charge is 0.469 e. The average Bonchev–Trinajstić information content (AvgIpc) is 2.92. The Labute approximate surface area is 115 Å². The maximum Gasteiger partial charge on any atom is 0.161 e. The molecule has 1 aromatic carbocycles. The van der Waals surface area contributed by atoms with E-state index < -0.39 is 17.5 Å². The summed E-state index contributed by atoms with van der Waals surface area (Å²) in [4.78, 5) is 0. The van der Waals surface area contributed by atoms with Gasteiger partial charge in [0, 0.05) is 30.6 Å². The third-order valence-corrected chi connectivity index (χ3v) is 3.13. The van der Waals surface area contributed by atoms with E-state index in [1.165, 1.54) is 0 Å². The lowest BCUT2D eigenvalue weighted by Crippen LogP contribution is -2.26. The highest BCUT2D eigenvalue weighted by molar-refractivity contribution is 5.20. The maximum atomic E-state index is 13.4. The van der Waals surface area contributed by atoms with Gasteiger partial charge in [0.15, 0.2) is 11.6 Å². The Kier molecular flexibility index (Phi) is 4.84. The number of hydrogen-bond donors (Lipinski definition) is 1. The van der Waals surface area contributed by atoms with Crippen LogP contribution in [-0.4, -0.2) is 6.04 Å². The number of benzene rings is 1. The van der Waals surface area contributed by atoms with Crippen LogP contribution in [-0.2, 0) is 13.0 Å². The normalized spacial score (nSPS) is 12.6. The molecule has 0 bridgehead atoms. The first-order valence-corrected chi connectivity index (χ1v) is 6.45. The molecule has 0 fully saturated rings. The van der Waals surface area contributed by atoms with Crippen molar-refractivity contribution in [3.63, 3.8) is 0 Å². The molecule has 0 aliphatic heterocycles. The molecule has 0 aliphatic carbocycles. The molecule has 0 spiro atoms. The minimum atomic E-state index is -1.17. The SMILES string of the molecule is CC(CCc1ccco1)NCc1cc(F)c(F)cc1F. The van der Waals surface area contributed by atoms with Crippen LogP contribution in [0.1, 0.15) is 24.7 Å². The van der Waals surface area contributed by atoms with Gasteiger partial charge in [-0.15, -0.1) is 0 Å². The molecule has 0 aliphatic rings. The number of nitrogens with one attached hydrogen (secondary N) is 1. The zero-order valence-corrected chi connectivity index (χ0v) is 11.1. The van der Waals surface area contributed by atoms with Crippen molar-refractivity contribution in [2.45, 2.75) is 32.4 Å². The number of furan rings is 1.